The van der Waals surface area contributed by atoms with Gasteiger partial charge >= 0.3 is 0 Å². The van der Waals surface area contributed by atoms with E-state index in [4.69, 9.17) is 10.3 Å². The summed E-state index contributed by atoms with van der Waals surface area (Å²) in [7, 11) is 0. The Kier molecular flexibility index (Phi) is 3.01. The van der Waals surface area contributed by atoms with E-state index in [2.05, 4.69) is 41.3 Å². The van der Waals surface area contributed by atoms with Gasteiger partial charge in [0.15, 0.2) is 5.82 Å². The zero-order valence-corrected chi connectivity index (χ0v) is 9.47. The van der Waals surface area contributed by atoms with Crippen molar-refractivity contribution in [1.29, 1.82) is 0 Å². The number of hydrogen-bond acceptors (Lipinski definition) is 4. The summed E-state index contributed by atoms with van der Waals surface area (Å²) in [6, 6.07) is 8.07. The van der Waals surface area contributed by atoms with Gasteiger partial charge in [0.25, 0.3) is 0 Å². The van der Waals surface area contributed by atoms with E-state index in [1.807, 2.05) is 6.92 Å². The third kappa shape index (κ3) is 2.46. The van der Waals surface area contributed by atoms with Gasteiger partial charge in [-0.3, -0.25) is 0 Å². The summed E-state index contributed by atoms with van der Waals surface area (Å²) >= 11 is 0. The minimum Gasteiger partial charge on any atom is -0.339 e. The van der Waals surface area contributed by atoms with Crippen LogP contribution in [0.4, 0.5) is 0 Å². The Bertz CT molecular complexity index is 459. The molecule has 84 valence electrons. The smallest absolute Gasteiger partial charge is 0.231 e. The van der Waals surface area contributed by atoms with Crippen LogP contribution in [0, 0.1) is 6.92 Å². The van der Waals surface area contributed by atoms with Crippen LogP contribution in [0.2, 0.25) is 0 Å². The molecule has 1 unspecified atom stereocenters. The van der Waals surface area contributed by atoms with Crippen molar-refractivity contribution in [2.75, 3.05) is 0 Å². The summed E-state index contributed by atoms with van der Waals surface area (Å²) in [6.45, 7) is 3.89. The van der Waals surface area contributed by atoms with Gasteiger partial charge in [0.1, 0.15) is 0 Å². The van der Waals surface area contributed by atoms with Crippen molar-refractivity contribution >= 4 is 0 Å². The molecular weight excluding hydrogens is 202 g/mol. The van der Waals surface area contributed by atoms with Crippen LogP contribution in [0.25, 0.3) is 0 Å². The Hall–Kier alpha value is -1.68. The molecule has 16 heavy (non-hydrogen) atoms. The van der Waals surface area contributed by atoms with Crippen LogP contribution in [0.1, 0.15) is 35.8 Å². The van der Waals surface area contributed by atoms with Crippen LogP contribution in [0.5, 0.6) is 0 Å². The minimum atomic E-state index is -0.185. The van der Waals surface area contributed by atoms with Crippen molar-refractivity contribution in [3.8, 4) is 0 Å². The van der Waals surface area contributed by atoms with E-state index in [1.165, 1.54) is 5.56 Å². The largest absolute Gasteiger partial charge is 0.339 e. The Morgan fingerprint density at radius 3 is 2.56 bits per heavy atom. The van der Waals surface area contributed by atoms with Crippen LogP contribution < -0.4 is 5.73 Å². The van der Waals surface area contributed by atoms with Gasteiger partial charge in [-0.25, -0.2) is 0 Å². The molecule has 1 atom stereocenters. The number of rotatable bonds is 3. The Morgan fingerprint density at radius 1 is 1.31 bits per heavy atom. The van der Waals surface area contributed by atoms with Crippen molar-refractivity contribution in [3.63, 3.8) is 0 Å². The molecule has 0 fully saturated rings. The second-order valence-electron chi connectivity index (χ2n) is 4.00. The first-order chi connectivity index (χ1) is 7.65. The summed E-state index contributed by atoms with van der Waals surface area (Å²) in [4.78, 5) is 4.22. The molecule has 0 amide bonds. The van der Waals surface area contributed by atoms with E-state index in [0.29, 0.717) is 18.1 Å². The highest BCUT2D eigenvalue weighted by Gasteiger charge is 2.09. The highest BCUT2D eigenvalue weighted by atomic mass is 16.5. The van der Waals surface area contributed by atoms with E-state index in [9.17, 15) is 0 Å². The van der Waals surface area contributed by atoms with E-state index < -0.39 is 0 Å². The van der Waals surface area contributed by atoms with Crippen molar-refractivity contribution in [2.24, 2.45) is 5.73 Å². The molecule has 1 aromatic heterocycles. The maximum Gasteiger partial charge on any atom is 0.231 e. The molecule has 4 heteroatoms. The number of aromatic nitrogens is 2. The van der Waals surface area contributed by atoms with Crippen LogP contribution in [-0.2, 0) is 6.42 Å². The number of aryl methyl sites for hydroxylation is 1. The molecule has 0 saturated heterocycles. The average molecular weight is 217 g/mol. The number of nitrogens with zero attached hydrogens (tertiary/aromatic N) is 2. The third-order valence-corrected chi connectivity index (χ3v) is 2.37. The highest BCUT2D eigenvalue weighted by Crippen LogP contribution is 2.11. The van der Waals surface area contributed by atoms with Gasteiger partial charge in [0, 0.05) is 0 Å². The maximum absolute atomic E-state index is 5.66. The lowest BCUT2D eigenvalue weighted by Gasteiger charge is -1.97. The summed E-state index contributed by atoms with van der Waals surface area (Å²) < 4.78 is 5.12. The highest BCUT2D eigenvalue weighted by molar-refractivity contribution is 5.23. The predicted molar refractivity (Wildman–Crippen MR) is 60.9 cm³/mol. The van der Waals surface area contributed by atoms with Crippen LogP contribution in [-0.4, -0.2) is 10.1 Å². The number of benzene rings is 1. The van der Waals surface area contributed by atoms with Crippen molar-refractivity contribution in [1.82, 2.24) is 10.1 Å². The predicted octanol–water partition coefficient (Wildman–Crippen LogP) is 1.99. The summed E-state index contributed by atoms with van der Waals surface area (Å²) in [5.41, 5.74) is 8.05. The molecule has 0 aliphatic heterocycles. The minimum absolute atomic E-state index is 0.185. The zero-order valence-electron chi connectivity index (χ0n) is 9.47. The van der Waals surface area contributed by atoms with Gasteiger partial charge < -0.3 is 10.3 Å². The molecule has 0 aliphatic carbocycles. The molecular formula is C12H15N3O. The normalized spacial score (nSPS) is 12.7. The van der Waals surface area contributed by atoms with E-state index in [-0.39, 0.29) is 6.04 Å². The van der Waals surface area contributed by atoms with Crippen LogP contribution in [0.15, 0.2) is 28.8 Å². The topological polar surface area (TPSA) is 64.9 Å². The molecule has 0 spiro atoms. The fourth-order valence-electron chi connectivity index (χ4n) is 1.41. The van der Waals surface area contributed by atoms with Gasteiger partial charge in [-0.15, -0.1) is 0 Å². The molecule has 0 bridgehead atoms. The Labute approximate surface area is 94.5 Å². The molecule has 2 rings (SSSR count). The first-order valence-corrected chi connectivity index (χ1v) is 5.29. The average Bonchev–Trinajstić information content (AvgIpc) is 2.70. The summed E-state index contributed by atoms with van der Waals surface area (Å²) in [5.74, 6) is 1.17. The van der Waals surface area contributed by atoms with Gasteiger partial charge in [-0.1, -0.05) is 35.0 Å². The second kappa shape index (κ2) is 4.45. The first-order valence-electron chi connectivity index (χ1n) is 5.29. The fourth-order valence-corrected chi connectivity index (χ4v) is 1.41. The fraction of sp³-hybridized carbons (Fsp3) is 0.333. The van der Waals surface area contributed by atoms with E-state index >= 15 is 0 Å². The zero-order chi connectivity index (χ0) is 11.5. The first kappa shape index (κ1) is 10.8. The Balaban J connectivity index is 2.11. The van der Waals surface area contributed by atoms with Gasteiger partial charge in [-0.05, 0) is 19.4 Å². The van der Waals surface area contributed by atoms with Gasteiger partial charge in [-0.2, -0.15) is 4.98 Å². The number of nitrogens with two attached hydrogens (primary N) is 1. The van der Waals surface area contributed by atoms with Crippen LogP contribution >= 0.6 is 0 Å². The quantitative estimate of drug-likeness (QED) is 0.853. The van der Waals surface area contributed by atoms with Crippen molar-refractivity contribution < 1.29 is 4.52 Å². The standard InChI is InChI=1S/C12H15N3O/c1-8-3-5-10(6-4-8)7-11-14-12(9(2)13)15-16-11/h3-6,9H,7,13H2,1-2H3. The molecule has 0 aliphatic rings. The molecule has 1 aromatic carbocycles. The number of hydrogen-bond donors (Lipinski definition) is 1. The summed E-state index contributed by atoms with van der Waals surface area (Å²) in [6.07, 6.45) is 0.653. The monoisotopic (exact) mass is 217 g/mol. The summed E-state index contributed by atoms with van der Waals surface area (Å²) in [5, 5.41) is 3.82. The maximum atomic E-state index is 5.66. The molecule has 0 radical (unpaired) electrons. The third-order valence-electron chi connectivity index (χ3n) is 2.37. The van der Waals surface area contributed by atoms with Crippen molar-refractivity contribution in [2.45, 2.75) is 26.3 Å². The Morgan fingerprint density at radius 2 is 2.00 bits per heavy atom. The van der Waals surface area contributed by atoms with Crippen molar-refractivity contribution in [3.05, 3.63) is 47.1 Å². The van der Waals surface area contributed by atoms with Gasteiger partial charge in [0.05, 0.1) is 12.5 Å². The van der Waals surface area contributed by atoms with E-state index in [0.717, 1.165) is 5.56 Å². The lowest BCUT2D eigenvalue weighted by Crippen LogP contribution is -2.06. The molecule has 0 saturated carbocycles. The lowest BCUT2D eigenvalue weighted by atomic mass is 10.1. The molecule has 2 aromatic rings. The molecule has 2 N–H and O–H groups in total. The van der Waals surface area contributed by atoms with Gasteiger partial charge in [0.2, 0.25) is 5.89 Å². The van der Waals surface area contributed by atoms with E-state index in [1.54, 1.807) is 0 Å². The molecule has 1 heterocycles. The van der Waals surface area contributed by atoms with Crippen LogP contribution in [0.3, 0.4) is 0 Å². The second-order valence-corrected chi connectivity index (χ2v) is 4.00. The SMILES string of the molecule is Cc1ccc(Cc2nc(C(C)N)no2)cc1. The lowest BCUT2D eigenvalue weighted by molar-refractivity contribution is 0.377. The molecule has 4 nitrogen and oxygen atoms in total.